The fourth-order valence-electron chi connectivity index (χ4n) is 1.26. The Balaban J connectivity index is 2.65. The van der Waals surface area contributed by atoms with Gasteiger partial charge in [0.05, 0.1) is 23.7 Å². The number of nitro benzene ring substituents is 1. The van der Waals surface area contributed by atoms with Crippen molar-refractivity contribution < 1.29 is 18.4 Å². The molecule has 0 radical (unpaired) electrons. The number of halogens is 2. The van der Waals surface area contributed by atoms with E-state index in [1.807, 2.05) is 6.07 Å². The average molecular weight is 256 g/mol. The van der Waals surface area contributed by atoms with Gasteiger partial charge >= 0.3 is 5.69 Å². The van der Waals surface area contributed by atoms with E-state index in [1.165, 1.54) is 0 Å². The van der Waals surface area contributed by atoms with E-state index in [4.69, 9.17) is 10.00 Å². The van der Waals surface area contributed by atoms with E-state index in [1.54, 1.807) is 0 Å². The maximum absolute atomic E-state index is 13.3. The van der Waals surface area contributed by atoms with E-state index < -0.39 is 22.2 Å². The number of nitro groups is 1. The predicted octanol–water partition coefficient (Wildman–Crippen LogP) is 2.95. The maximum atomic E-state index is 13.3. The summed E-state index contributed by atoms with van der Waals surface area (Å²) in [6.07, 6.45) is 1.47. The summed E-state index contributed by atoms with van der Waals surface area (Å²) < 4.78 is 31.4. The second kappa shape index (κ2) is 6.49. The van der Waals surface area contributed by atoms with E-state index in [2.05, 4.69) is 0 Å². The zero-order valence-electron chi connectivity index (χ0n) is 9.36. The van der Waals surface area contributed by atoms with Crippen molar-refractivity contribution in [3.05, 3.63) is 33.9 Å². The molecule has 0 aliphatic carbocycles. The molecule has 0 atom stereocenters. The van der Waals surface area contributed by atoms with Crippen molar-refractivity contribution in [3.8, 4) is 11.8 Å². The lowest BCUT2D eigenvalue weighted by Crippen LogP contribution is -2.01. The van der Waals surface area contributed by atoms with Gasteiger partial charge in [0, 0.05) is 12.5 Å². The van der Waals surface area contributed by atoms with Crippen LogP contribution in [0.15, 0.2) is 12.1 Å². The Hall–Kier alpha value is -2.23. The summed E-state index contributed by atoms with van der Waals surface area (Å²) >= 11 is 0. The van der Waals surface area contributed by atoms with Gasteiger partial charge in [0.2, 0.25) is 5.82 Å². The summed E-state index contributed by atoms with van der Waals surface area (Å²) in [4.78, 5) is 9.34. The van der Waals surface area contributed by atoms with Gasteiger partial charge < -0.3 is 4.74 Å². The van der Waals surface area contributed by atoms with Crippen LogP contribution < -0.4 is 4.74 Å². The smallest absolute Gasteiger partial charge is 0.307 e. The van der Waals surface area contributed by atoms with Crippen LogP contribution in [0, 0.1) is 33.1 Å². The minimum absolute atomic E-state index is 0.121. The molecule has 96 valence electrons. The molecule has 0 N–H and O–H groups in total. The second-order valence-electron chi connectivity index (χ2n) is 3.45. The lowest BCUT2D eigenvalue weighted by atomic mass is 10.2. The van der Waals surface area contributed by atoms with E-state index >= 15 is 0 Å². The topological polar surface area (TPSA) is 76.2 Å². The van der Waals surface area contributed by atoms with Gasteiger partial charge in [-0.15, -0.1) is 0 Å². The Morgan fingerprint density at radius 1 is 1.33 bits per heavy atom. The zero-order chi connectivity index (χ0) is 13.5. The molecule has 0 aliphatic rings. The number of rotatable bonds is 6. The third-order valence-corrected chi connectivity index (χ3v) is 2.14. The second-order valence-corrected chi connectivity index (χ2v) is 3.45. The first-order valence-corrected chi connectivity index (χ1v) is 5.19. The van der Waals surface area contributed by atoms with Crippen molar-refractivity contribution in [2.24, 2.45) is 0 Å². The Labute approximate surface area is 102 Å². The van der Waals surface area contributed by atoms with Gasteiger partial charge in [0.25, 0.3) is 0 Å². The van der Waals surface area contributed by atoms with Crippen molar-refractivity contribution in [1.29, 1.82) is 5.26 Å². The molecule has 1 aromatic carbocycles. The lowest BCUT2D eigenvalue weighted by Gasteiger charge is -2.06. The molecular formula is C11H10F2N2O3. The van der Waals surface area contributed by atoms with Crippen molar-refractivity contribution >= 4 is 5.69 Å². The molecule has 0 unspecified atom stereocenters. The minimum atomic E-state index is -1.14. The third kappa shape index (κ3) is 3.66. The van der Waals surface area contributed by atoms with Crippen LogP contribution >= 0.6 is 0 Å². The van der Waals surface area contributed by atoms with Gasteiger partial charge in [-0.05, 0) is 12.8 Å². The Kier molecular flexibility index (Phi) is 4.99. The van der Waals surface area contributed by atoms with Crippen LogP contribution in [0.3, 0.4) is 0 Å². The Bertz CT molecular complexity index is 486. The molecule has 0 aliphatic heterocycles. The van der Waals surface area contributed by atoms with Crippen molar-refractivity contribution in [3.63, 3.8) is 0 Å². The van der Waals surface area contributed by atoms with Gasteiger partial charge in [0.15, 0.2) is 11.6 Å². The predicted molar refractivity (Wildman–Crippen MR) is 58.0 cm³/mol. The largest absolute Gasteiger partial charge is 0.490 e. The summed E-state index contributed by atoms with van der Waals surface area (Å²) in [5, 5.41) is 18.6. The molecule has 5 nitrogen and oxygen atoms in total. The van der Waals surface area contributed by atoms with E-state index in [9.17, 15) is 18.9 Å². The molecule has 0 fully saturated rings. The van der Waals surface area contributed by atoms with Crippen LogP contribution in [0.4, 0.5) is 14.5 Å². The van der Waals surface area contributed by atoms with Crippen LogP contribution in [-0.4, -0.2) is 11.5 Å². The summed E-state index contributed by atoms with van der Waals surface area (Å²) in [6.45, 7) is 0.121. The molecule has 0 saturated carbocycles. The summed E-state index contributed by atoms with van der Waals surface area (Å²) in [7, 11) is 0. The number of benzene rings is 1. The Morgan fingerprint density at radius 3 is 2.67 bits per heavy atom. The van der Waals surface area contributed by atoms with E-state index in [0.29, 0.717) is 31.4 Å². The molecule has 0 bridgehead atoms. The first-order chi connectivity index (χ1) is 8.56. The molecule has 0 amide bonds. The van der Waals surface area contributed by atoms with Crippen LogP contribution in [0.1, 0.15) is 19.3 Å². The normalized spacial score (nSPS) is 9.83. The molecular weight excluding hydrogens is 246 g/mol. The van der Waals surface area contributed by atoms with Crippen molar-refractivity contribution in [2.45, 2.75) is 19.3 Å². The summed E-state index contributed by atoms with van der Waals surface area (Å²) in [5.74, 6) is -2.49. The molecule has 0 aromatic heterocycles. The highest BCUT2D eigenvalue weighted by atomic mass is 19.1. The zero-order valence-corrected chi connectivity index (χ0v) is 9.36. The summed E-state index contributed by atoms with van der Waals surface area (Å²) in [5.41, 5.74) is -0.927. The Morgan fingerprint density at radius 2 is 2.06 bits per heavy atom. The van der Waals surface area contributed by atoms with Gasteiger partial charge in [-0.3, -0.25) is 10.1 Å². The monoisotopic (exact) mass is 256 g/mol. The summed E-state index contributed by atoms with van der Waals surface area (Å²) in [6, 6.07) is 3.08. The number of hydrogen-bond acceptors (Lipinski definition) is 4. The number of ether oxygens (including phenoxy) is 1. The standard InChI is InChI=1S/C11H10F2N2O3/c12-8-7-11(18-5-3-1-2-4-14)9(13)6-10(8)15(16)17/h6-7H,1-3,5H2. The van der Waals surface area contributed by atoms with E-state index in [0.717, 1.165) is 0 Å². The third-order valence-electron chi connectivity index (χ3n) is 2.14. The number of nitrogens with zero attached hydrogens (tertiary/aromatic N) is 2. The van der Waals surface area contributed by atoms with Gasteiger partial charge in [0.1, 0.15) is 0 Å². The molecule has 0 spiro atoms. The molecule has 18 heavy (non-hydrogen) atoms. The highest BCUT2D eigenvalue weighted by Crippen LogP contribution is 2.26. The van der Waals surface area contributed by atoms with Crippen molar-refractivity contribution in [1.82, 2.24) is 0 Å². The van der Waals surface area contributed by atoms with Gasteiger partial charge in [-0.25, -0.2) is 4.39 Å². The highest BCUT2D eigenvalue weighted by Gasteiger charge is 2.19. The SMILES string of the molecule is N#CCCCCOc1cc(F)c([N+](=O)[O-])cc1F. The number of unbranched alkanes of at least 4 members (excludes halogenated alkanes) is 2. The van der Waals surface area contributed by atoms with Crippen LogP contribution in [-0.2, 0) is 0 Å². The first kappa shape index (κ1) is 13.8. The molecule has 0 saturated heterocycles. The molecule has 1 rings (SSSR count). The highest BCUT2D eigenvalue weighted by molar-refractivity contribution is 5.39. The van der Waals surface area contributed by atoms with E-state index in [-0.39, 0.29) is 12.4 Å². The average Bonchev–Trinajstić information content (AvgIpc) is 2.32. The minimum Gasteiger partial charge on any atom is -0.490 e. The van der Waals surface area contributed by atoms with Crippen LogP contribution in [0.5, 0.6) is 5.75 Å². The fourth-order valence-corrected chi connectivity index (χ4v) is 1.26. The first-order valence-electron chi connectivity index (χ1n) is 5.19. The van der Waals surface area contributed by atoms with Gasteiger partial charge in [-0.1, -0.05) is 0 Å². The van der Waals surface area contributed by atoms with Gasteiger partial charge in [-0.2, -0.15) is 9.65 Å². The fraction of sp³-hybridized carbons (Fsp3) is 0.364. The molecule has 1 aromatic rings. The molecule has 0 heterocycles. The maximum Gasteiger partial charge on any atom is 0.307 e. The number of nitriles is 1. The van der Waals surface area contributed by atoms with Crippen LogP contribution in [0.25, 0.3) is 0 Å². The van der Waals surface area contributed by atoms with Crippen molar-refractivity contribution in [2.75, 3.05) is 6.61 Å². The number of hydrogen-bond donors (Lipinski definition) is 0. The molecule has 7 heteroatoms. The quantitative estimate of drug-likeness (QED) is 0.445. The van der Waals surface area contributed by atoms with Crippen LogP contribution in [0.2, 0.25) is 0 Å². The lowest BCUT2D eigenvalue weighted by molar-refractivity contribution is -0.387.